The Morgan fingerprint density at radius 2 is 2.12 bits per heavy atom. The molecular formula is C21H29N3OS. The SMILES string of the molecule is CCCNC(=O)N1Cc2c(sc3c2CCCC3)-n2cccc2C1C(C)C. The van der Waals surface area contributed by atoms with Gasteiger partial charge in [0.25, 0.3) is 0 Å². The zero-order chi connectivity index (χ0) is 18.3. The Morgan fingerprint density at radius 3 is 2.88 bits per heavy atom. The molecule has 0 spiro atoms. The van der Waals surface area contributed by atoms with E-state index in [2.05, 4.69) is 53.9 Å². The van der Waals surface area contributed by atoms with Crippen LogP contribution in [0.25, 0.3) is 5.00 Å². The number of aryl methyl sites for hydroxylation is 1. The second kappa shape index (κ2) is 7.10. The third-order valence-electron chi connectivity index (χ3n) is 5.64. The van der Waals surface area contributed by atoms with E-state index in [4.69, 9.17) is 0 Å². The lowest BCUT2D eigenvalue weighted by Gasteiger charge is -2.33. The lowest BCUT2D eigenvalue weighted by Crippen LogP contribution is -2.43. The van der Waals surface area contributed by atoms with Gasteiger partial charge in [-0.05, 0) is 55.7 Å². The summed E-state index contributed by atoms with van der Waals surface area (Å²) >= 11 is 1.95. The number of carbonyl (C=O) groups is 1. The van der Waals surface area contributed by atoms with Crippen LogP contribution in [0.15, 0.2) is 18.3 Å². The molecule has 1 N–H and O–H groups in total. The Kier molecular flexibility index (Phi) is 4.82. The Hall–Kier alpha value is -1.75. The van der Waals surface area contributed by atoms with Crippen LogP contribution in [-0.2, 0) is 19.4 Å². The van der Waals surface area contributed by atoms with E-state index >= 15 is 0 Å². The van der Waals surface area contributed by atoms with E-state index in [9.17, 15) is 4.79 Å². The highest BCUT2D eigenvalue weighted by molar-refractivity contribution is 7.15. The minimum absolute atomic E-state index is 0.0712. The summed E-state index contributed by atoms with van der Waals surface area (Å²) in [6, 6.07) is 4.49. The highest BCUT2D eigenvalue weighted by Crippen LogP contribution is 2.43. The van der Waals surface area contributed by atoms with Crippen LogP contribution in [0.2, 0.25) is 0 Å². The van der Waals surface area contributed by atoms with E-state index in [0.717, 1.165) is 25.9 Å². The van der Waals surface area contributed by atoms with Gasteiger partial charge in [0.1, 0.15) is 5.00 Å². The van der Waals surface area contributed by atoms with Crippen LogP contribution < -0.4 is 5.32 Å². The molecule has 2 aromatic rings. The quantitative estimate of drug-likeness (QED) is 0.805. The van der Waals surface area contributed by atoms with Gasteiger partial charge in [0.05, 0.1) is 12.6 Å². The highest BCUT2D eigenvalue weighted by Gasteiger charge is 2.36. The molecule has 1 unspecified atom stereocenters. The molecule has 0 saturated heterocycles. The molecule has 140 valence electrons. The highest BCUT2D eigenvalue weighted by atomic mass is 32.1. The Bertz CT molecular complexity index is 804. The van der Waals surface area contributed by atoms with Crippen LogP contribution >= 0.6 is 11.3 Å². The molecule has 26 heavy (non-hydrogen) atoms. The first kappa shape index (κ1) is 17.7. The average molecular weight is 372 g/mol. The molecule has 4 rings (SSSR count). The Balaban J connectivity index is 1.84. The smallest absolute Gasteiger partial charge is 0.318 e. The minimum Gasteiger partial charge on any atom is -0.338 e. The van der Waals surface area contributed by atoms with Crippen molar-refractivity contribution in [3.05, 3.63) is 40.0 Å². The molecule has 0 bridgehead atoms. The average Bonchev–Trinajstić information content (AvgIpc) is 3.21. The van der Waals surface area contributed by atoms with E-state index in [1.165, 1.54) is 46.0 Å². The molecule has 0 fully saturated rings. The number of aromatic nitrogens is 1. The van der Waals surface area contributed by atoms with Crippen molar-refractivity contribution in [3.63, 3.8) is 0 Å². The Morgan fingerprint density at radius 1 is 1.31 bits per heavy atom. The fraction of sp³-hybridized carbons (Fsp3) is 0.571. The predicted molar refractivity (Wildman–Crippen MR) is 107 cm³/mol. The first-order chi connectivity index (χ1) is 12.6. The number of rotatable bonds is 3. The van der Waals surface area contributed by atoms with Crippen LogP contribution in [0.3, 0.4) is 0 Å². The molecule has 2 aliphatic rings. The van der Waals surface area contributed by atoms with Gasteiger partial charge in [-0.2, -0.15) is 0 Å². The summed E-state index contributed by atoms with van der Waals surface area (Å²) < 4.78 is 2.36. The van der Waals surface area contributed by atoms with Crippen molar-refractivity contribution in [2.75, 3.05) is 6.54 Å². The second-order valence-corrected chi connectivity index (χ2v) is 8.93. The van der Waals surface area contributed by atoms with E-state index in [0.29, 0.717) is 5.92 Å². The fourth-order valence-corrected chi connectivity index (χ4v) is 5.86. The molecule has 0 radical (unpaired) electrons. The van der Waals surface area contributed by atoms with E-state index in [1.54, 1.807) is 0 Å². The third kappa shape index (κ3) is 2.86. The van der Waals surface area contributed by atoms with Gasteiger partial charge in [0.15, 0.2) is 0 Å². The van der Waals surface area contributed by atoms with Gasteiger partial charge in [-0.15, -0.1) is 11.3 Å². The van der Waals surface area contributed by atoms with E-state index in [-0.39, 0.29) is 12.1 Å². The van der Waals surface area contributed by atoms with Gasteiger partial charge in [-0.25, -0.2) is 4.79 Å². The van der Waals surface area contributed by atoms with Crippen LogP contribution in [0.5, 0.6) is 0 Å². The molecule has 0 aromatic carbocycles. The standard InChI is InChI=1S/C21H29N3OS/c1-4-11-22-21(25)24-13-16-15-8-5-6-10-18(15)26-20(16)23-12-7-9-17(23)19(24)14(2)3/h7,9,12,14,19H,4-6,8,10-11,13H2,1-3H3,(H,22,25). The van der Waals surface area contributed by atoms with Gasteiger partial charge in [-0.3, -0.25) is 0 Å². The summed E-state index contributed by atoms with van der Waals surface area (Å²) in [5, 5.41) is 4.46. The number of nitrogens with zero attached hydrogens (tertiary/aromatic N) is 2. The van der Waals surface area contributed by atoms with Gasteiger partial charge < -0.3 is 14.8 Å². The van der Waals surface area contributed by atoms with Crippen LogP contribution in [0.4, 0.5) is 4.79 Å². The van der Waals surface area contributed by atoms with Crippen LogP contribution in [0.1, 0.15) is 67.8 Å². The van der Waals surface area contributed by atoms with E-state index in [1.807, 2.05) is 11.3 Å². The van der Waals surface area contributed by atoms with Gasteiger partial charge in [0, 0.05) is 28.9 Å². The molecule has 1 aliphatic carbocycles. The lowest BCUT2D eigenvalue weighted by atomic mass is 9.94. The summed E-state index contributed by atoms with van der Waals surface area (Å²) in [5.41, 5.74) is 4.15. The van der Waals surface area contributed by atoms with Crippen molar-refractivity contribution in [3.8, 4) is 5.00 Å². The molecule has 2 aromatic heterocycles. The van der Waals surface area contributed by atoms with Crippen molar-refractivity contribution in [1.82, 2.24) is 14.8 Å². The van der Waals surface area contributed by atoms with Crippen LogP contribution in [-0.4, -0.2) is 22.0 Å². The molecule has 5 heteroatoms. The van der Waals surface area contributed by atoms with Crippen molar-refractivity contribution < 1.29 is 4.79 Å². The summed E-state index contributed by atoms with van der Waals surface area (Å²) in [6.07, 6.45) is 8.05. The number of nitrogens with one attached hydrogen (secondary N) is 1. The number of hydrogen-bond donors (Lipinski definition) is 1. The van der Waals surface area contributed by atoms with Gasteiger partial charge in [-0.1, -0.05) is 20.8 Å². The zero-order valence-corrected chi connectivity index (χ0v) is 16.9. The maximum atomic E-state index is 13.1. The van der Waals surface area contributed by atoms with Gasteiger partial charge in [0.2, 0.25) is 0 Å². The normalized spacial score (nSPS) is 18.9. The summed E-state index contributed by atoms with van der Waals surface area (Å²) in [5.74, 6) is 0.362. The van der Waals surface area contributed by atoms with E-state index < -0.39 is 0 Å². The predicted octanol–water partition coefficient (Wildman–Crippen LogP) is 5.05. The summed E-state index contributed by atoms with van der Waals surface area (Å²) in [7, 11) is 0. The largest absolute Gasteiger partial charge is 0.338 e. The minimum atomic E-state index is 0.0712. The monoisotopic (exact) mass is 371 g/mol. The molecule has 2 amide bonds. The molecule has 0 saturated carbocycles. The maximum absolute atomic E-state index is 13.1. The number of fused-ring (bicyclic) bond motifs is 5. The van der Waals surface area contributed by atoms with Crippen LogP contribution in [0, 0.1) is 5.92 Å². The zero-order valence-electron chi connectivity index (χ0n) is 16.0. The number of urea groups is 1. The van der Waals surface area contributed by atoms with Crippen molar-refractivity contribution in [2.24, 2.45) is 5.92 Å². The number of hydrogen-bond acceptors (Lipinski definition) is 2. The molecule has 4 nitrogen and oxygen atoms in total. The number of amides is 2. The Labute approximate surface area is 160 Å². The van der Waals surface area contributed by atoms with Gasteiger partial charge >= 0.3 is 6.03 Å². The number of thiophene rings is 1. The van der Waals surface area contributed by atoms with Crippen molar-refractivity contribution in [1.29, 1.82) is 0 Å². The molecule has 3 heterocycles. The summed E-state index contributed by atoms with van der Waals surface area (Å²) in [6.45, 7) is 7.99. The van der Waals surface area contributed by atoms with Crippen molar-refractivity contribution >= 4 is 17.4 Å². The first-order valence-electron chi connectivity index (χ1n) is 9.97. The molecular weight excluding hydrogens is 342 g/mol. The second-order valence-electron chi connectivity index (χ2n) is 7.85. The first-order valence-corrected chi connectivity index (χ1v) is 10.8. The fourth-order valence-electron chi connectivity index (χ4n) is 4.46. The number of carbonyl (C=O) groups excluding carboxylic acids is 1. The third-order valence-corrected chi connectivity index (χ3v) is 6.98. The van der Waals surface area contributed by atoms with Crippen molar-refractivity contribution in [2.45, 2.75) is 65.5 Å². The molecule has 1 atom stereocenters. The summed E-state index contributed by atoms with van der Waals surface area (Å²) in [4.78, 5) is 16.7. The topological polar surface area (TPSA) is 37.3 Å². The lowest BCUT2D eigenvalue weighted by molar-refractivity contribution is 0.149. The molecule has 1 aliphatic heterocycles. The maximum Gasteiger partial charge on any atom is 0.318 e.